The van der Waals surface area contributed by atoms with Crippen LogP contribution in [0.15, 0.2) is 18.2 Å². The van der Waals surface area contributed by atoms with Crippen molar-refractivity contribution in [3.05, 3.63) is 29.3 Å². The molecule has 0 radical (unpaired) electrons. The second kappa shape index (κ2) is 6.93. The summed E-state index contributed by atoms with van der Waals surface area (Å²) in [6, 6.07) is 6.05. The molecular weight excluding hydrogens is 304 g/mol. The molecule has 5 heteroatoms. The molecule has 2 heterocycles. The summed E-state index contributed by atoms with van der Waals surface area (Å²) in [5.74, 6) is 0.385. The van der Waals surface area contributed by atoms with Crippen LogP contribution in [0.2, 0.25) is 0 Å². The first kappa shape index (κ1) is 17.0. The molecule has 1 fully saturated rings. The summed E-state index contributed by atoms with van der Waals surface area (Å²) in [5.41, 5.74) is 2.69. The highest BCUT2D eigenvalue weighted by atomic mass is 16.5. The zero-order chi connectivity index (χ0) is 17.3. The minimum absolute atomic E-state index is 0.0367. The van der Waals surface area contributed by atoms with Crippen molar-refractivity contribution < 1.29 is 14.3 Å². The van der Waals surface area contributed by atoms with Gasteiger partial charge in [-0.25, -0.2) is 0 Å². The van der Waals surface area contributed by atoms with E-state index in [1.807, 2.05) is 23.1 Å². The summed E-state index contributed by atoms with van der Waals surface area (Å²) in [7, 11) is 0. The molecule has 1 saturated heterocycles. The number of ether oxygens (including phenoxy) is 1. The van der Waals surface area contributed by atoms with Crippen LogP contribution in [0.4, 0.5) is 5.69 Å². The number of nitrogens with one attached hydrogen (secondary N) is 1. The molecule has 130 valence electrons. The first-order valence-corrected chi connectivity index (χ1v) is 8.78. The minimum atomic E-state index is -0.0367. The maximum atomic E-state index is 12.5. The van der Waals surface area contributed by atoms with Crippen molar-refractivity contribution >= 4 is 17.5 Å². The molecule has 1 aromatic rings. The average molecular weight is 330 g/mol. The van der Waals surface area contributed by atoms with Gasteiger partial charge in [0, 0.05) is 43.5 Å². The molecule has 0 saturated carbocycles. The quantitative estimate of drug-likeness (QED) is 0.906. The van der Waals surface area contributed by atoms with Gasteiger partial charge in [-0.3, -0.25) is 9.59 Å². The standard InChI is InChI=1S/C19H26N2O3/c1-12-10-16-11-15(19(23)20-17-6-8-24-9-7-17)4-5-18(16)21(13(12)2)14(3)22/h4-5,11-13,17H,6-10H2,1-3H3,(H,20,23)/t12?,13-/m0/s1. The van der Waals surface area contributed by atoms with E-state index in [1.54, 1.807) is 6.92 Å². The van der Waals surface area contributed by atoms with Gasteiger partial charge < -0.3 is 15.0 Å². The predicted molar refractivity (Wildman–Crippen MR) is 93.2 cm³/mol. The molecule has 1 unspecified atom stereocenters. The Bertz CT molecular complexity index is 637. The van der Waals surface area contributed by atoms with Crippen LogP contribution in [0.3, 0.4) is 0 Å². The summed E-state index contributed by atoms with van der Waals surface area (Å²) < 4.78 is 5.33. The van der Waals surface area contributed by atoms with Crippen molar-refractivity contribution in [1.82, 2.24) is 5.32 Å². The normalized spacial score (nSPS) is 24.4. The van der Waals surface area contributed by atoms with Crippen LogP contribution in [0, 0.1) is 5.92 Å². The predicted octanol–water partition coefficient (Wildman–Crippen LogP) is 2.53. The fraction of sp³-hybridized carbons (Fsp3) is 0.579. The molecule has 2 aliphatic rings. The second-order valence-electron chi connectivity index (χ2n) is 7.01. The first-order chi connectivity index (χ1) is 11.5. The third kappa shape index (κ3) is 3.31. The van der Waals surface area contributed by atoms with E-state index in [2.05, 4.69) is 19.2 Å². The molecule has 1 N–H and O–H groups in total. The number of fused-ring (bicyclic) bond motifs is 1. The van der Waals surface area contributed by atoms with Gasteiger partial charge >= 0.3 is 0 Å². The highest BCUT2D eigenvalue weighted by Crippen LogP contribution is 2.34. The maximum absolute atomic E-state index is 12.5. The summed E-state index contributed by atoms with van der Waals surface area (Å²) in [6.07, 6.45) is 2.62. The smallest absolute Gasteiger partial charge is 0.251 e. The van der Waals surface area contributed by atoms with Gasteiger partial charge in [0.15, 0.2) is 0 Å². The molecule has 0 aromatic heterocycles. The van der Waals surface area contributed by atoms with Crippen LogP contribution in [0.1, 0.15) is 49.5 Å². The number of benzene rings is 1. The first-order valence-electron chi connectivity index (χ1n) is 8.78. The fourth-order valence-corrected chi connectivity index (χ4v) is 3.68. The Balaban J connectivity index is 1.81. The molecule has 0 bridgehead atoms. The van der Waals surface area contributed by atoms with Crippen LogP contribution < -0.4 is 10.2 Å². The van der Waals surface area contributed by atoms with E-state index in [0.717, 1.165) is 30.5 Å². The molecule has 2 aliphatic heterocycles. The number of hydrogen-bond acceptors (Lipinski definition) is 3. The Morgan fingerprint density at radius 3 is 2.58 bits per heavy atom. The van der Waals surface area contributed by atoms with Crippen molar-refractivity contribution in [3.63, 3.8) is 0 Å². The zero-order valence-corrected chi connectivity index (χ0v) is 14.7. The lowest BCUT2D eigenvalue weighted by Crippen LogP contribution is -2.45. The topological polar surface area (TPSA) is 58.6 Å². The lowest BCUT2D eigenvalue weighted by molar-refractivity contribution is -0.117. The molecular formula is C19H26N2O3. The monoisotopic (exact) mass is 330 g/mol. The van der Waals surface area contributed by atoms with E-state index in [9.17, 15) is 9.59 Å². The largest absolute Gasteiger partial charge is 0.381 e. The van der Waals surface area contributed by atoms with Crippen molar-refractivity contribution in [2.75, 3.05) is 18.1 Å². The SMILES string of the molecule is CC(=O)N1c2ccc(C(=O)NC3CCOCC3)cc2CC(C)[C@@H]1C. The van der Waals surface area contributed by atoms with Crippen molar-refractivity contribution in [3.8, 4) is 0 Å². The maximum Gasteiger partial charge on any atom is 0.251 e. The summed E-state index contributed by atoms with van der Waals surface area (Å²) >= 11 is 0. The number of amides is 2. The van der Waals surface area contributed by atoms with Crippen molar-refractivity contribution in [2.45, 2.75) is 52.1 Å². The Morgan fingerprint density at radius 2 is 1.92 bits per heavy atom. The molecule has 2 amide bonds. The number of carbonyl (C=O) groups excluding carboxylic acids is 2. The second-order valence-corrected chi connectivity index (χ2v) is 7.01. The van der Waals surface area contributed by atoms with E-state index < -0.39 is 0 Å². The van der Waals surface area contributed by atoms with Gasteiger partial charge in [-0.15, -0.1) is 0 Å². The average Bonchev–Trinajstić information content (AvgIpc) is 2.56. The lowest BCUT2D eigenvalue weighted by atomic mass is 9.87. The van der Waals surface area contributed by atoms with Crippen LogP contribution in [0.25, 0.3) is 0 Å². The molecule has 0 spiro atoms. The molecule has 2 atom stereocenters. The third-order valence-electron chi connectivity index (χ3n) is 5.27. The summed E-state index contributed by atoms with van der Waals surface area (Å²) in [5, 5.41) is 3.10. The van der Waals surface area contributed by atoms with Crippen LogP contribution in [0.5, 0.6) is 0 Å². The lowest BCUT2D eigenvalue weighted by Gasteiger charge is -2.39. The number of rotatable bonds is 2. The van der Waals surface area contributed by atoms with E-state index in [-0.39, 0.29) is 23.9 Å². The number of anilines is 1. The van der Waals surface area contributed by atoms with Crippen LogP contribution >= 0.6 is 0 Å². The fourth-order valence-electron chi connectivity index (χ4n) is 3.68. The van der Waals surface area contributed by atoms with Gasteiger partial charge in [0.1, 0.15) is 0 Å². The van der Waals surface area contributed by atoms with Gasteiger partial charge in [-0.2, -0.15) is 0 Å². The summed E-state index contributed by atoms with van der Waals surface area (Å²) in [4.78, 5) is 26.4. The highest BCUT2D eigenvalue weighted by molar-refractivity contribution is 5.97. The van der Waals surface area contributed by atoms with E-state index in [1.165, 1.54) is 0 Å². The minimum Gasteiger partial charge on any atom is -0.381 e. The number of carbonyl (C=O) groups is 2. The number of nitrogens with zero attached hydrogens (tertiary/aromatic N) is 1. The van der Waals surface area contributed by atoms with Gasteiger partial charge in [0.25, 0.3) is 5.91 Å². The zero-order valence-electron chi connectivity index (χ0n) is 14.7. The van der Waals surface area contributed by atoms with Crippen LogP contribution in [-0.4, -0.2) is 37.1 Å². The van der Waals surface area contributed by atoms with Gasteiger partial charge in [-0.1, -0.05) is 6.92 Å². The molecule has 0 aliphatic carbocycles. The van der Waals surface area contributed by atoms with Gasteiger partial charge in [0.05, 0.1) is 0 Å². The molecule has 5 nitrogen and oxygen atoms in total. The van der Waals surface area contributed by atoms with E-state index >= 15 is 0 Å². The van der Waals surface area contributed by atoms with Crippen LogP contribution in [-0.2, 0) is 16.0 Å². The van der Waals surface area contributed by atoms with E-state index in [0.29, 0.717) is 24.7 Å². The summed E-state index contributed by atoms with van der Waals surface area (Å²) in [6.45, 7) is 7.25. The molecule has 24 heavy (non-hydrogen) atoms. The molecule has 3 rings (SSSR count). The Morgan fingerprint density at radius 1 is 1.21 bits per heavy atom. The molecule has 1 aromatic carbocycles. The van der Waals surface area contributed by atoms with Gasteiger partial charge in [-0.05, 0) is 55.9 Å². The Labute approximate surface area is 143 Å². The Hall–Kier alpha value is -1.88. The number of hydrogen-bond donors (Lipinski definition) is 1. The van der Waals surface area contributed by atoms with Crippen molar-refractivity contribution in [1.29, 1.82) is 0 Å². The van der Waals surface area contributed by atoms with Crippen molar-refractivity contribution in [2.24, 2.45) is 5.92 Å². The van der Waals surface area contributed by atoms with Gasteiger partial charge in [0.2, 0.25) is 5.91 Å². The highest BCUT2D eigenvalue weighted by Gasteiger charge is 2.31. The third-order valence-corrected chi connectivity index (χ3v) is 5.27. The Kier molecular flexibility index (Phi) is 4.90. The van der Waals surface area contributed by atoms with E-state index in [4.69, 9.17) is 4.74 Å².